The maximum atomic E-state index is 13.7. The van der Waals surface area contributed by atoms with Gasteiger partial charge in [-0.3, -0.25) is 9.97 Å². The number of carboxylic acids is 1. The summed E-state index contributed by atoms with van der Waals surface area (Å²) in [6, 6.07) is 15.4. The molecule has 4 aromatic rings. The number of morpholine rings is 1. The van der Waals surface area contributed by atoms with Crippen molar-refractivity contribution in [2.75, 3.05) is 36.9 Å². The minimum Gasteiger partial charge on any atom is -0.478 e. The average Bonchev–Trinajstić information content (AvgIpc) is 2.90. The number of nitrogens with one attached hydrogen (secondary N) is 2. The molecule has 0 radical (unpaired) electrons. The molecule has 5 rings (SSSR count). The molecule has 0 atom stereocenters. The Morgan fingerprint density at radius 2 is 1.72 bits per heavy atom. The fourth-order valence-electron chi connectivity index (χ4n) is 4.02. The Balaban J connectivity index is 1.68. The molecule has 0 unspecified atom stereocenters. The van der Waals surface area contributed by atoms with Crippen LogP contribution < -0.4 is 10.6 Å². The molecule has 1 aliphatic rings. The van der Waals surface area contributed by atoms with Gasteiger partial charge in [-0.25, -0.2) is 13.2 Å². The van der Waals surface area contributed by atoms with Crippen LogP contribution in [0.5, 0.6) is 0 Å². The lowest BCUT2D eigenvalue weighted by Gasteiger charge is -2.27. The number of sulfonamides is 1. The summed E-state index contributed by atoms with van der Waals surface area (Å²) in [5.41, 5.74) is 2.59. The number of carboxylic acid groups (broad SMARTS) is 1. The van der Waals surface area contributed by atoms with Gasteiger partial charge in [-0.15, -0.1) is 0 Å². The molecule has 3 heterocycles. The number of pyridine rings is 2. The summed E-state index contributed by atoms with van der Waals surface area (Å²) in [5, 5.41) is 16.6. The van der Waals surface area contributed by atoms with E-state index in [1.54, 1.807) is 42.7 Å². The highest BCUT2D eigenvalue weighted by Crippen LogP contribution is 2.36. The van der Waals surface area contributed by atoms with Gasteiger partial charge in [0, 0.05) is 48.4 Å². The van der Waals surface area contributed by atoms with E-state index in [2.05, 4.69) is 20.6 Å². The smallest absolute Gasteiger partial charge is 0.337 e. The molecule has 0 amide bonds. The van der Waals surface area contributed by atoms with Crippen LogP contribution in [0.15, 0.2) is 78.1 Å². The van der Waals surface area contributed by atoms with E-state index in [9.17, 15) is 18.3 Å². The molecule has 0 saturated carbocycles. The van der Waals surface area contributed by atoms with Crippen molar-refractivity contribution < 1.29 is 23.1 Å². The summed E-state index contributed by atoms with van der Waals surface area (Å²) in [7, 11) is -3.96. The number of para-hydroxylation sites is 1. The lowest BCUT2D eigenvalue weighted by Crippen LogP contribution is -2.40. The topological polar surface area (TPSA) is 134 Å². The molecule has 1 aliphatic heterocycles. The molecular weight excluding hydrogens is 482 g/mol. The number of ether oxygens (including phenoxy) is 1. The molecule has 0 bridgehead atoms. The Bertz CT molecular complexity index is 1520. The third kappa shape index (κ3) is 4.71. The van der Waals surface area contributed by atoms with Crippen LogP contribution in [0.25, 0.3) is 10.9 Å². The van der Waals surface area contributed by atoms with Crippen molar-refractivity contribution in [1.82, 2.24) is 14.3 Å². The fraction of sp³-hybridized carbons (Fsp3) is 0.160. The highest BCUT2D eigenvalue weighted by Gasteiger charge is 2.30. The monoisotopic (exact) mass is 505 g/mol. The Hall–Kier alpha value is -4.06. The predicted octanol–water partition coefficient (Wildman–Crippen LogP) is 3.84. The molecule has 2 aromatic heterocycles. The first kappa shape index (κ1) is 23.7. The fourth-order valence-corrected chi connectivity index (χ4v) is 5.53. The summed E-state index contributed by atoms with van der Waals surface area (Å²) in [5.74, 6) is -1.13. The van der Waals surface area contributed by atoms with E-state index in [0.717, 1.165) is 5.69 Å². The second-order valence-corrected chi connectivity index (χ2v) is 9.99. The Kier molecular flexibility index (Phi) is 6.51. The van der Waals surface area contributed by atoms with Crippen molar-refractivity contribution in [3.05, 3.63) is 78.8 Å². The van der Waals surface area contributed by atoms with Crippen molar-refractivity contribution in [1.29, 1.82) is 0 Å². The van der Waals surface area contributed by atoms with Gasteiger partial charge in [0.15, 0.2) is 0 Å². The van der Waals surface area contributed by atoms with Crippen molar-refractivity contribution in [2.45, 2.75) is 4.90 Å². The van der Waals surface area contributed by atoms with Gasteiger partial charge in [0.1, 0.15) is 4.90 Å². The summed E-state index contributed by atoms with van der Waals surface area (Å²) in [4.78, 5) is 20.2. The van der Waals surface area contributed by atoms with Gasteiger partial charge in [-0.1, -0.05) is 12.1 Å². The summed E-state index contributed by atoms with van der Waals surface area (Å²) >= 11 is 0. The molecule has 2 aromatic carbocycles. The van der Waals surface area contributed by atoms with E-state index in [0.29, 0.717) is 29.8 Å². The van der Waals surface area contributed by atoms with Crippen LogP contribution in [-0.4, -0.2) is 60.1 Å². The maximum Gasteiger partial charge on any atom is 0.337 e. The number of anilines is 4. The third-order valence-corrected chi connectivity index (χ3v) is 7.72. The highest BCUT2D eigenvalue weighted by molar-refractivity contribution is 7.89. The van der Waals surface area contributed by atoms with Crippen LogP contribution in [-0.2, 0) is 14.8 Å². The molecule has 36 heavy (non-hydrogen) atoms. The maximum absolute atomic E-state index is 13.7. The van der Waals surface area contributed by atoms with E-state index in [-0.39, 0.29) is 34.9 Å². The van der Waals surface area contributed by atoms with Crippen molar-refractivity contribution >= 4 is 49.6 Å². The van der Waals surface area contributed by atoms with Crippen molar-refractivity contribution in [3.63, 3.8) is 0 Å². The first-order valence-electron chi connectivity index (χ1n) is 11.2. The number of hydrogen-bond donors (Lipinski definition) is 3. The number of nitrogens with zero attached hydrogens (tertiary/aromatic N) is 3. The SMILES string of the molecule is O=C(O)c1ccccc1Nc1c(S(=O)(=O)N2CCOCC2)cnc2ccc(Nc3ccncc3)cc12. The predicted molar refractivity (Wildman–Crippen MR) is 136 cm³/mol. The van der Waals surface area contributed by atoms with E-state index in [1.807, 2.05) is 18.2 Å². The van der Waals surface area contributed by atoms with E-state index < -0.39 is 16.0 Å². The van der Waals surface area contributed by atoms with Gasteiger partial charge in [0.25, 0.3) is 0 Å². The van der Waals surface area contributed by atoms with Crippen molar-refractivity contribution in [2.24, 2.45) is 0 Å². The number of fused-ring (bicyclic) bond motifs is 1. The van der Waals surface area contributed by atoms with Crippen LogP contribution >= 0.6 is 0 Å². The number of carbonyl (C=O) groups is 1. The normalized spacial score (nSPS) is 14.4. The van der Waals surface area contributed by atoms with E-state index >= 15 is 0 Å². The zero-order valence-corrected chi connectivity index (χ0v) is 19.9. The molecule has 11 heteroatoms. The highest BCUT2D eigenvalue weighted by atomic mass is 32.2. The summed E-state index contributed by atoms with van der Waals surface area (Å²) < 4.78 is 34.1. The zero-order chi connectivity index (χ0) is 25.1. The number of aromatic carboxylic acids is 1. The Labute approximate surface area is 207 Å². The van der Waals surface area contributed by atoms with Gasteiger partial charge in [0.2, 0.25) is 10.0 Å². The minimum absolute atomic E-state index is 0.0169. The average molecular weight is 506 g/mol. The minimum atomic E-state index is -3.96. The van der Waals surface area contributed by atoms with Crippen LogP contribution in [0, 0.1) is 0 Å². The van der Waals surface area contributed by atoms with Gasteiger partial charge in [-0.2, -0.15) is 4.31 Å². The van der Waals surface area contributed by atoms with Gasteiger partial charge >= 0.3 is 5.97 Å². The standard InChI is InChI=1S/C25H23N5O5S/c31-25(32)19-3-1-2-4-22(19)29-24-20-15-18(28-17-7-9-26-10-8-17)5-6-21(20)27-16-23(24)36(33,34)30-11-13-35-14-12-30/h1-10,15-16H,11-14H2,(H,26,28)(H,27,29)(H,31,32). The number of hydrogen-bond acceptors (Lipinski definition) is 8. The summed E-state index contributed by atoms with van der Waals surface area (Å²) in [6.45, 7) is 1.03. The van der Waals surface area contributed by atoms with Crippen LogP contribution in [0.4, 0.5) is 22.7 Å². The first-order chi connectivity index (χ1) is 17.4. The molecule has 0 aliphatic carbocycles. The second-order valence-electron chi connectivity index (χ2n) is 8.08. The molecule has 1 fully saturated rings. The van der Waals surface area contributed by atoms with Crippen LogP contribution in [0.2, 0.25) is 0 Å². The van der Waals surface area contributed by atoms with Gasteiger partial charge < -0.3 is 20.5 Å². The van der Waals surface area contributed by atoms with Crippen LogP contribution in [0.3, 0.4) is 0 Å². The molecule has 10 nitrogen and oxygen atoms in total. The number of benzene rings is 2. The summed E-state index contributed by atoms with van der Waals surface area (Å²) in [6.07, 6.45) is 4.64. The third-order valence-electron chi connectivity index (χ3n) is 5.81. The number of rotatable bonds is 7. The molecule has 1 saturated heterocycles. The van der Waals surface area contributed by atoms with E-state index in [1.165, 1.54) is 16.6 Å². The Morgan fingerprint density at radius 3 is 2.47 bits per heavy atom. The van der Waals surface area contributed by atoms with Crippen molar-refractivity contribution in [3.8, 4) is 0 Å². The molecular formula is C25H23N5O5S. The van der Waals surface area contributed by atoms with Gasteiger partial charge in [-0.05, 0) is 42.5 Å². The molecule has 184 valence electrons. The Morgan fingerprint density at radius 1 is 0.972 bits per heavy atom. The van der Waals surface area contributed by atoms with E-state index in [4.69, 9.17) is 4.74 Å². The quantitative estimate of drug-likeness (QED) is 0.342. The molecule has 0 spiro atoms. The lowest BCUT2D eigenvalue weighted by atomic mass is 10.1. The zero-order valence-electron chi connectivity index (χ0n) is 19.1. The number of aromatic nitrogens is 2. The van der Waals surface area contributed by atoms with Crippen LogP contribution in [0.1, 0.15) is 10.4 Å². The first-order valence-corrected chi connectivity index (χ1v) is 12.6. The lowest BCUT2D eigenvalue weighted by molar-refractivity contribution is 0.0698. The van der Waals surface area contributed by atoms with Gasteiger partial charge in [0.05, 0.1) is 35.7 Å². The molecule has 3 N–H and O–H groups in total. The second kappa shape index (κ2) is 9.90. The largest absolute Gasteiger partial charge is 0.478 e.